The van der Waals surface area contributed by atoms with E-state index < -0.39 is 40.9 Å². The number of halogens is 6. The molecule has 1 aromatic heterocycles. The fourth-order valence-electron chi connectivity index (χ4n) is 3.02. The molecule has 1 heterocycles. The largest absolute Gasteiger partial charge is 0.435 e. The fraction of sp³-hybridized carbons (Fsp3) is 0.200. The Labute approximate surface area is 166 Å². The minimum Gasteiger partial charge on any atom is -0.317 e. The summed E-state index contributed by atoms with van der Waals surface area (Å²) >= 11 is 0. The molecule has 3 aromatic rings. The lowest BCUT2D eigenvalue weighted by molar-refractivity contribution is -0.141. The van der Waals surface area contributed by atoms with Crippen LogP contribution in [-0.2, 0) is 6.18 Å². The SMILES string of the molecule is O=C(Nc1c(F)cccc1F)c1ccc(-n2nc(C(F)(F)F)cc2C2CC2)c(F)c1. The zero-order valence-electron chi connectivity index (χ0n) is 15.1. The monoisotopic (exact) mass is 425 g/mol. The van der Waals surface area contributed by atoms with Gasteiger partial charge in [-0.15, -0.1) is 0 Å². The van der Waals surface area contributed by atoms with Gasteiger partial charge in [0.15, 0.2) is 5.69 Å². The summed E-state index contributed by atoms with van der Waals surface area (Å²) in [6.45, 7) is 0. The van der Waals surface area contributed by atoms with Gasteiger partial charge in [-0.2, -0.15) is 18.3 Å². The number of benzene rings is 2. The number of rotatable bonds is 4. The van der Waals surface area contributed by atoms with Crippen molar-refractivity contribution in [3.63, 3.8) is 0 Å². The van der Waals surface area contributed by atoms with E-state index in [9.17, 15) is 31.1 Å². The molecule has 10 heteroatoms. The lowest BCUT2D eigenvalue weighted by Gasteiger charge is -2.11. The highest BCUT2D eigenvalue weighted by Gasteiger charge is 2.38. The number of anilines is 1. The molecule has 0 spiro atoms. The molecule has 1 N–H and O–H groups in total. The lowest BCUT2D eigenvalue weighted by Crippen LogP contribution is -2.15. The molecule has 30 heavy (non-hydrogen) atoms. The first-order valence-corrected chi connectivity index (χ1v) is 8.87. The zero-order valence-corrected chi connectivity index (χ0v) is 15.1. The van der Waals surface area contributed by atoms with E-state index in [1.54, 1.807) is 0 Å². The molecule has 1 amide bonds. The van der Waals surface area contributed by atoms with Gasteiger partial charge in [0, 0.05) is 17.2 Å². The molecule has 0 aliphatic heterocycles. The number of aromatic nitrogens is 2. The van der Waals surface area contributed by atoms with Gasteiger partial charge in [-0.05, 0) is 49.2 Å². The van der Waals surface area contributed by atoms with Crippen LogP contribution in [0.1, 0.15) is 40.5 Å². The quantitative estimate of drug-likeness (QED) is 0.566. The van der Waals surface area contributed by atoms with E-state index in [1.165, 1.54) is 0 Å². The molecule has 156 valence electrons. The van der Waals surface area contributed by atoms with Crippen molar-refractivity contribution >= 4 is 11.6 Å². The highest BCUT2D eigenvalue weighted by Crippen LogP contribution is 2.43. The zero-order chi connectivity index (χ0) is 21.6. The first-order chi connectivity index (χ1) is 14.1. The van der Waals surface area contributed by atoms with Crippen molar-refractivity contribution in [1.82, 2.24) is 9.78 Å². The summed E-state index contributed by atoms with van der Waals surface area (Å²) in [5, 5.41) is 5.51. The van der Waals surface area contributed by atoms with Crippen LogP contribution in [-0.4, -0.2) is 15.7 Å². The third-order valence-electron chi connectivity index (χ3n) is 4.66. The van der Waals surface area contributed by atoms with Gasteiger partial charge in [-0.3, -0.25) is 4.79 Å². The van der Waals surface area contributed by atoms with Crippen molar-refractivity contribution in [1.29, 1.82) is 0 Å². The van der Waals surface area contributed by atoms with Crippen LogP contribution in [0.5, 0.6) is 0 Å². The van der Waals surface area contributed by atoms with Crippen LogP contribution in [0.15, 0.2) is 42.5 Å². The summed E-state index contributed by atoms with van der Waals surface area (Å²) in [4.78, 5) is 12.3. The van der Waals surface area contributed by atoms with E-state index in [1.807, 2.05) is 5.32 Å². The van der Waals surface area contributed by atoms with Crippen molar-refractivity contribution < 1.29 is 31.1 Å². The minimum absolute atomic E-state index is 0.153. The summed E-state index contributed by atoms with van der Waals surface area (Å²) in [5.41, 5.74) is -2.13. The Morgan fingerprint density at radius 1 is 1.00 bits per heavy atom. The molecule has 0 saturated heterocycles. The molecule has 0 bridgehead atoms. The number of amides is 1. The molecule has 1 saturated carbocycles. The lowest BCUT2D eigenvalue weighted by atomic mass is 10.1. The maximum atomic E-state index is 14.7. The average Bonchev–Trinajstić information content (AvgIpc) is 3.42. The van der Waals surface area contributed by atoms with Gasteiger partial charge in [-0.1, -0.05) is 6.07 Å². The molecule has 2 aromatic carbocycles. The molecule has 4 nitrogen and oxygen atoms in total. The van der Waals surface area contributed by atoms with Crippen LogP contribution in [0.4, 0.5) is 32.0 Å². The van der Waals surface area contributed by atoms with E-state index in [0.29, 0.717) is 12.8 Å². The maximum absolute atomic E-state index is 14.7. The normalized spacial score (nSPS) is 14.1. The number of carbonyl (C=O) groups is 1. The van der Waals surface area contributed by atoms with Gasteiger partial charge in [-0.25, -0.2) is 17.9 Å². The Bertz CT molecular complexity index is 1110. The second kappa shape index (κ2) is 7.19. The van der Waals surface area contributed by atoms with Crippen LogP contribution < -0.4 is 5.32 Å². The number of hydrogen-bond acceptors (Lipinski definition) is 2. The first kappa shape index (κ1) is 20.0. The summed E-state index contributed by atoms with van der Waals surface area (Å²) < 4.78 is 82.1. The molecule has 1 aliphatic carbocycles. The molecule has 0 radical (unpaired) electrons. The van der Waals surface area contributed by atoms with E-state index >= 15 is 0 Å². The van der Waals surface area contributed by atoms with Crippen molar-refractivity contribution in [3.05, 3.63) is 76.9 Å². The molecule has 0 atom stereocenters. The van der Waals surface area contributed by atoms with Crippen LogP contribution in [0.25, 0.3) is 5.69 Å². The number of para-hydroxylation sites is 1. The summed E-state index contributed by atoms with van der Waals surface area (Å²) in [6.07, 6.45) is -3.35. The van der Waals surface area contributed by atoms with Crippen molar-refractivity contribution in [2.75, 3.05) is 5.32 Å². The third-order valence-corrected chi connectivity index (χ3v) is 4.66. The number of hydrogen-bond donors (Lipinski definition) is 1. The number of nitrogens with one attached hydrogen (secondary N) is 1. The molecule has 0 unspecified atom stereocenters. The van der Waals surface area contributed by atoms with Crippen molar-refractivity contribution in [3.8, 4) is 5.69 Å². The molecular weight excluding hydrogens is 412 g/mol. The maximum Gasteiger partial charge on any atom is 0.435 e. The van der Waals surface area contributed by atoms with Gasteiger partial charge in [0.2, 0.25) is 0 Å². The Morgan fingerprint density at radius 3 is 2.23 bits per heavy atom. The second-order valence-corrected chi connectivity index (χ2v) is 6.86. The van der Waals surface area contributed by atoms with Gasteiger partial charge in [0.25, 0.3) is 5.91 Å². The first-order valence-electron chi connectivity index (χ1n) is 8.87. The van der Waals surface area contributed by atoms with Crippen LogP contribution in [0.3, 0.4) is 0 Å². The van der Waals surface area contributed by atoms with E-state index in [0.717, 1.165) is 47.1 Å². The smallest absolute Gasteiger partial charge is 0.317 e. The third kappa shape index (κ3) is 3.77. The summed E-state index contributed by atoms with van der Waals surface area (Å²) in [7, 11) is 0. The minimum atomic E-state index is -4.69. The fourth-order valence-corrected chi connectivity index (χ4v) is 3.02. The second-order valence-electron chi connectivity index (χ2n) is 6.86. The summed E-state index contributed by atoms with van der Waals surface area (Å²) in [6, 6.07) is 6.90. The highest BCUT2D eigenvalue weighted by atomic mass is 19.4. The molecule has 4 rings (SSSR count). The van der Waals surface area contributed by atoms with Gasteiger partial charge >= 0.3 is 6.18 Å². The summed E-state index contributed by atoms with van der Waals surface area (Å²) in [5.74, 6) is -4.16. The van der Waals surface area contributed by atoms with Crippen molar-refractivity contribution in [2.45, 2.75) is 24.9 Å². The topological polar surface area (TPSA) is 46.9 Å². The molecule has 1 aliphatic rings. The number of nitrogens with zero attached hydrogens (tertiary/aromatic N) is 2. The Hall–Kier alpha value is -3.30. The number of alkyl halides is 3. The Kier molecular flexibility index (Phi) is 4.79. The highest BCUT2D eigenvalue weighted by molar-refractivity contribution is 6.04. The van der Waals surface area contributed by atoms with Gasteiger partial charge in [0.05, 0.1) is 0 Å². The van der Waals surface area contributed by atoms with E-state index in [4.69, 9.17) is 0 Å². The van der Waals surface area contributed by atoms with Crippen LogP contribution >= 0.6 is 0 Å². The van der Waals surface area contributed by atoms with Crippen LogP contribution in [0.2, 0.25) is 0 Å². The Balaban J connectivity index is 1.66. The van der Waals surface area contributed by atoms with E-state index in [2.05, 4.69) is 5.10 Å². The van der Waals surface area contributed by atoms with Gasteiger partial charge < -0.3 is 5.32 Å². The Morgan fingerprint density at radius 2 is 1.67 bits per heavy atom. The molecular formula is C20H13F6N3O. The van der Waals surface area contributed by atoms with Crippen LogP contribution in [0, 0.1) is 17.5 Å². The predicted molar refractivity (Wildman–Crippen MR) is 94.8 cm³/mol. The van der Waals surface area contributed by atoms with E-state index in [-0.39, 0.29) is 22.9 Å². The molecule has 1 fully saturated rings. The standard InChI is InChI=1S/C20H13F6N3O/c21-12-2-1-3-13(22)18(12)27-19(30)11-6-7-15(14(23)8-11)29-16(10-4-5-10)9-17(28-29)20(24,25)26/h1-3,6-10H,4-5H2,(H,27,30). The predicted octanol–water partition coefficient (Wildman–Crippen LogP) is 5.44. The van der Waals surface area contributed by atoms with Crippen molar-refractivity contribution in [2.24, 2.45) is 0 Å². The number of carbonyl (C=O) groups excluding carboxylic acids is 1. The van der Waals surface area contributed by atoms with Gasteiger partial charge in [0.1, 0.15) is 28.8 Å². The average molecular weight is 425 g/mol.